The molecule has 0 unspecified atom stereocenters. The highest BCUT2D eigenvalue weighted by molar-refractivity contribution is 5.57. The predicted octanol–water partition coefficient (Wildman–Crippen LogP) is 5.52. The Bertz CT molecular complexity index is 762. The van der Waals surface area contributed by atoms with Crippen molar-refractivity contribution in [2.24, 2.45) is 16.3 Å². The van der Waals surface area contributed by atoms with Crippen LogP contribution in [0.15, 0.2) is 64.0 Å². The van der Waals surface area contributed by atoms with Crippen molar-refractivity contribution in [3.63, 3.8) is 0 Å². The average molecular weight is 380 g/mol. The first-order valence-electron chi connectivity index (χ1n) is 10.4. The summed E-state index contributed by atoms with van der Waals surface area (Å²) < 4.78 is 0. The number of benzene rings is 1. The Morgan fingerprint density at radius 2 is 1.82 bits per heavy atom. The second kappa shape index (κ2) is 9.91. The Kier molecular flexibility index (Phi) is 7.86. The van der Waals surface area contributed by atoms with E-state index in [1.165, 1.54) is 16.7 Å². The molecule has 0 spiro atoms. The first-order valence-corrected chi connectivity index (χ1v) is 10.4. The summed E-state index contributed by atoms with van der Waals surface area (Å²) in [4.78, 5) is 9.35. The van der Waals surface area contributed by atoms with E-state index in [-0.39, 0.29) is 5.41 Å². The third kappa shape index (κ3) is 6.51. The van der Waals surface area contributed by atoms with Gasteiger partial charge in [-0.1, -0.05) is 69.8 Å². The molecule has 152 valence electrons. The van der Waals surface area contributed by atoms with Crippen LogP contribution in [0.5, 0.6) is 0 Å². The number of rotatable bonds is 9. The van der Waals surface area contributed by atoms with Gasteiger partial charge >= 0.3 is 0 Å². The largest absolute Gasteiger partial charge is 0.366 e. The molecule has 3 heteroatoms. The molecule has 1 aromatic carbocycles. The van der Waals surface area contributed by atoms with Crippen molar-refractivity contribution in [2.45, 2.75) is 48.1 Å². The molecule has 0 saturated heterocycles. The van der Waals surface area contributed by atoms with Gasteiger partial charge in [-0.25, -0.2) is 4.99 Å². The first-order chi connectivity index (χ1) is 13.2. The molecule has 3 nitrogen and oxygen atoms in total. The average Bonchev–Trinajstić information content (AvgIpc) is 2.63. The van der Waals surface area contributed by atoms with Gasteiger partial charge < -0.3 is 4.90 Å². The third-order valence-corrected chi connectivity index (χ3v) is 5.08. The molecule has 1 aromatic rings. The van der Waals surface area contributed by atoms with Gasteiger partial charge in [0, 0.05) is 38.6 Å². The summed E-state index contributed by atoms with van der Waals surface area (Å²) in [5.41, 5.74) is 8.40. The fraction of sp³-hybridized carbons (Fsp3) is 0.520. The van der Waals surface area contributed by atoms with Crippen LogP contribution in [0.2, 0.25) is 0 Å². The van der Waals surface area contributed by atoms with Crippen molar-refractivity contribution in [1.82, 2.24) is 9.80 Å². The van der Waals surface area contributed by atoms with Gasteiger partial charge in [0.1, 0.15) is 0 Å². The number of aliphatic imine (C=N–C) groups is 1. The lowest BCUT2D eigenvalue weighted by Crippen LogP contribution is -2.31. The molecule has 0 radical (unpaired) electrons. The zero-order valence-corrected chi connectivity index (χ0v) is 18.8. The van der Waals surface area contributed by atoms with Crippen molar-refractivity contribution in [3.05, 3.63) is 64.5 Å². The molecule has 1 aliphatic carbocycles. The van der Waals surface area contributed by atoms with Crippen molar-refractivity contribution >= 4 is 6.34 Å². The highest BCUT2D eigenvalue weighted by Gasteiger charge is 2.26. The van der Waals surface area contributed by atoms with Gasteiger partial charge in [0.15, 0.2) is 0 Å². The molecule has 28 heavy (non-hydrogen) atoms. The van der Waals surface area contributed by atoms with Crippen LogP contribution in [0, 0.1) is 11.3 Å². The maximum Gasteiger partial charge on any atom is 0.0935 e. The summed E-state index contributed by atoms with van der Waals surface area (Å²) >= 11 is 0. The maximum atomic E-state index is 4.71. The third-order valence-electron chi connectivity index (χ3n) is 5.08. The van der Waals surface area contributed by atoms with Gasteiger partial charge in [-0.3, -0.25) is 4.90 Å². The standard InChI is InChI=1S/C25H37N3/c1-8-27(7)19-26-24-14-21(4)23(15-25(24,5)6)18-28(16-20(2)3)17-22-12-10-9-11-13-22/h9-13,15,19-20H,8,16-18H2,1-7H3. The first kappa shape index (κ1) is 22.2. The highest BCUT2D eigenvalue weighted by Crippen LogP contribution is 2.35. The van der Waals surface area contributed by atoms with E-state index in [1.54, 1.807) is 0 Å². The van der Waals surface area contributed by atoms with E-state index in [0.29, 0.717) is 5.92 Å². The lowest BCUT2D eigenvalue weighted by molar-refractivity contribution is 0.255. The van der Waals surface area contributed by atoms with Crippen molar-refractivity contribution in [1.29, 1.82) is 0 Å². The van der Waals surface area contributed by atoms with Crippen LogP contribution >= 0.6 is 0 Å². The molecule has 0 atom stereocenters. The fourth-order valence-corrected chi connectivity index (χ4v) is 3.42. The molecule has 0 amide bonds. The van der Waals surface area contributed by atoms with Crippen LogP contribution in [0.3, 0.4) is 0 Å². The minimum Gasteiger partial charge on any atom is -0.366 e. The fourth-order valence-electron chi connectivity index (χ4n) is 3.42. The molecule has 0 aliphatic heterocycles. The molecule has 0 fully saturated rings. The number of hydrogen-bond donors (Lipinski definition) is 0. The van der Waals surface area contributed by atoms with Gasteiger partial charge in [0.2, 0.25) is 0 Å². The molecule has 0 bridgehead atoms. The Hall–Kier alpha value is -2.09. The Balaban J connectivity index is 2.24. The van der Waals surface area contributed by atoms with Crippen LogP contribution in [-0.4, -0.2) is 42.8 Å². The van der Waals surface area contributed by atoms with Gasteiger partial charge in [0.05, 0.1) is 12.0 Å². The summed E-state index contributed by atoms with van der Waals surface area (Å²) in [6.07, 6.45) is 4.30. The normalized spacial score (nSPS) is 16.4. The Labute approximate surface area is 172 Å². The lowest BCUT2D eigenvalue weighted by atomic mass is 9.82. The van der Waals surface area contributed by atoms with Crippen molar-refractivity contribution < 1.29 is 0 Å². The van der Waals surface area contributed by atoms with Crippen molar-refractivity contribution in [3.8, 4) is 0 Å². The summed E-state index contributed by atoms with van der Waals surface area (Å²) in [7, 11) is 2.05. The molecular weight excluding hydrogens is 342 g/mol. The maximum absolute atomic E-state index is 4.71. The zero-order valence-electron chi connectivity index (χ0n) is 18.8. The van der Waals surface area contributed by atoms with Crippen LogP contribution < -0.4 is 0 Å². The lowest BCUT2D eigenvalue weighted by Gasteiger charge is -2.30. The predicted molar refractivity (Wildman–Crippen MR) is 121 cm³/mol. The molecule has 0 aromatic heterocycles. The van der Waals surface area contributed by atoms with E-state index in [1.807, 2.05) is 13.4 Å². The second-order valence-electron chi connectivity index (χ2n) is 8.86. The molecule has 0 heterocycles. The number of nitrogens with zero attached hydrogens (tertiary/aromatic N) is 3. The monoisotopic (exact) mass is 379 g/mol. The SMILES string of the molecule is CCN(C)C=NC1=C=C(C)C(CN(Cc2ccccc2)CC(C)C)=CC1(C)C. The number of hydrogen-bond acceptors (Lipinski definition) is 2. The highest BCUT2D eigenvalue weighted by atomic mass is 15.1. The topological polar surface area (TPSA) is 18.8 Å². The van der Waals surface area contributed by atoms with E-state index in [9.17, 15) is 0 Å². The van der Waals surface area contributed by atoms with E-state index in [0.717, 1.165) is 31.9 Å². The molecule has 0 N–H and O–H groups in total. The summed E-state index contributed by atoms with van der Waals surface area (Å²) in [6.45, 7) is 17.3. The Morgan fingerprint density at radius 3 is 2.43 bits per heavy atom. The van der Waals surface area contributed by atoms with Crippen LogP contribution in [-0.2, 0) is 6.54 Å². The van der Waals surface area contributed by atoms with Gasteiger partial charge in [-0.2, -0.15) is 0 Å². The summed E-state index contributed by atoms with van der Waals surface area (Å²) in [5, 5.41) is 0. The van der Waals surface area contributed by atoms with E-state index >= 15 is 0 Å². The minimum absolute atomic E-state index is 0.115. The van der Waals surface area contributed by atoms with E-state index in [2.05, 4.69) is 93.5 Å². The molecule has 0 saturated carbocycles. The smallest absolute Gasteiger partial charge is 0.0935 e. The molecule has 1 aliphatic rings. The molecule has 2 rings (SSSR count). The van der Waals surface area contributed by atoms with Crippen molar-refractivity contribution in [2.75, 3.05) is 26.7 Å². The van der Waals surface area contributed by atoms with E-state index in [4.69, 9.17) is 4.99 Å². The second-order valence-corrected chi connectivity index (χ2v) is 8.86. The minimum atomic E-state index is -0.115. The van der Waals surface area contributed by atoms with Crippen LogP contribution in [0.4, 0.5) is 0 Å². The van der Waals surface area contributed by atoms with Crippen LogP contribution in [0.1, 0.15) is 47.1 Å². The quantitative estimate of drug-likeness (QED) is 0.320. The van der Waals surface area contributed by atoms with Gasteiger partial charge in [-0.15, -0.1) is 0 Å². The summed E-state index contributed by atoms with van der Waals surface area (Å²) in [5.74, 6) is 0.630. The summed E-state index contributed by atoms with van der Waals surface area (Å²) in [6, 6.07) is 10.8. The van der Waals surface area contributed by atoms with Crippen LogP contribution in [0.25, 0.3) is 0 Å². The van der Waals surface area contributed by atoms with Gasteiger partial charge in [-0.05, 0) is 36.5 Å². The van der Waals surface area contributed by atoms with E-state index < -0.39 is 0 Å². The van der Waals surface area contributed by atoms with Gasteiger partial charge in [0.25, 0.3) is 0 Å². The zero-order chi connectivity index (χ0) is 20.7. The molecular formula is C25H37N3. The Morgan fingerprint density at radius 1 is 1.14 bits per heavy atom.